The lowest BCUT2D eigenvalue weighted by atomic mass is 10.0. The van der Waals surface area contributed by atoms with Crippen molar-refractivity contribution in [2.24, 2.45) is 4.99 Å². The van der Waals surface area contributed by atoms with Gasteiger partial charge in [-0.1, -0.05) is 6.07 Å². The van der Waals surface area contributed by atoms with Gasteiger partial charge in [-0.25, -0.2) is 0 Å². The third-order valence-corrected chi connectivity index (χ3v) is 4.19. The number of carbonyl (C=O) groups excluding carboxylic acids is 1. The van der Waals surface area contributed by atoms with Gasteiger partial charge in [0, 0.05) is 30.3 Å². The molecule has 3 aromatic rings. The van der Waals surface area contributed by atoms with E-state index in [1.165, 1.54) is 0 Å². The van der Waals surface area contributed by atoms with Gasteiger partial charge in [0.15, 0.2) is 0 Å². The van der Waals surface area contributed by atoms with Gasteiger partial charge in [-0.05, 0) is 42.8 Å². The van der Waals surface area contributed by atoms with Crippen molar-refractivity contribution in [3.8, 4) is 22.8 Å². The number of hydrogen-bond donors (Lipinski definition) is 2. The molecule has 0 atom stereocenters. The first-order valence-corrected chi connectivity index (χ1v) is 8.27. The monoisotopic (exact) mass is 347 g/mol. The Morgan fingerprint density at radius 2 is 1.96 bits per heavy atom. The first-order valence-electron chi connectivity index (χ1n) is 8.27. The van der Waals surface area contributed by atoms with Crippen molar-refractivity contribution in [3.63, 3.8) is 0 Å². The molecule has 0 radical (unpaired) electrons. The fraction of sp³-hybridized carbons (Fsp3) is 0.158. The minimum Gasteiger partial charge on any atom is -0.457 e. The fourth-order valence-electron chi connectivity index (χ4n) is 2.96. The summed E-state index contributed by atoms with van der Waals surface area (Å²) in [6.07, 6.45) is 2.81. The summed E-state index contributed by atoms with van der Waals surface area (Å²) in [7, 11) is 1.69. The molecule has 0 aliphatic carbocycles. The van der Waals surface area contributed by atoms with Crippen LogP contribution >= 0.6 is 0 Å². The number of H-pyrrole nitrogens is 1. The molecule has 1 aliphatic heterocycles. The number of nitrogens with zero attached hydrogens (tertiary/aromatic N) is 3. The van der Waals surface area contributed by atoms with E-state index in [9.17, 15) is 4.79 Å². The van der Waals surface area contributed by atoms with E-state index in [0.29, 0.717) is 24.3 Å². The Balaban J connectivity index is 1.58. The van der Waals surface area contributed by atoms with Crippen LogP contribution in [0.4, 0.5) is 5.69 Å². The maximum Gasteiger partial charge on any atom is 0.224 e. The van der Waals surface area contributed by atoms with Gasteiger partial charge < -0.3 is 10.1 Å². The normalized spacial score (nSPS) is 13.5. The van der Waals surface area contributed by atoms with Crippen molar-refractivity contribution in [1.29, 1.82) is 0 Å². The summed E-state index contributed by atoms with van der Waals surface area (Å²) < 4.78 is 6.04. The maximum atomic E-state index is 11.5. The zero-order chi connectivity index (χ0) is 17.9. The van der Waals surface area contributed by atoms with Crippen molar-refractivity contribution in [2.45, 2.75) is 12.8 Å². The molecule has 0 bridgehead atoms. The Labute approximate surface area is 150 Å². The summed E-state index contributed by atoms with van der Waals surface area (Å²) in [6.45, 7) is 0. The number of amides is 1. The quantitative estimate of drug-likeness (QED) is 0.709. The zero-order valence-corrected chi connectivity index (χ0v) is 14.2. The number of aromatic nitrogens is 3. The predicted octanol–water partition coefficient (Wildman–Crippen LogP) is 3.20. The average Bonchev–Trinajstić information content (AvgIpc) is 3.11. The largest absolute Gasteiger partial charge is 0.457 e. The summed E-state index contributed by atoms with van der Waals surface area (Å²) in [4.78, 5) is 15.5. The number of hydrogen-bond acceptors (Lipinski definition) is 5. The Bertz CT molecular complexity index is 976. The van der Waals surface area contributed by atoms with Crippen LogP contribution in [0.5, 0.6) is 11.5 Å². The van der Waals surface area contributed by atoms with E-state index in [2.05, 4.69) is 25.7 Å². The van der Waals surface area contributed by atoms with Crippen molar-refractivity contribution in [1.82, 2.24) is 15.4 Å². The lowest BCUT2D eigenvalue weighted by Crippen LogP contribution is -2.19. The van der Waals surface area contributed by atoms with Crippen LogP contribution in [0.3, 0.4) is 0 Å². The second-order valence-corrected chi connectivity index (χ2v) is 5.90. The third-order valence-electron chi connectivity index (χ3n) is 4.19. The summed E-state index contributed by atoms with van der Waals surface area (Å²) in [5, 5.41) is 13.7. The smallest absolute Gasteiger partial charge is 0.224 e. The number of nitrogens with one attached hydrogen (secondary N) is 2. The van der Waals surface area contributed by atoms with E-state index < -0.39 is 0 Å². The van der Waals surface area contributed by atoms with Crippen molar-refractivity contribution < 1.29 is 9.53 Å². The SMILES string of the molecule is CN=Cc1n[nH]nc1-c1ccc(Oc2cccc3c2CCC(=O)N3)cc1. The standard InChI is InChI=1S/C19H17N5O2/c1-20-11-16-19(23-24-22-16)12-5-7-13(8-6-12)26-17-4-2-3-15-14(17)9-10-18(25)21-15/h2-8,11H,9-10H2,1H3,(H,21,25)(H,22,23,24). The first-order chi connectivity index (χ1) is 12.7. The van der Waals surface area contributed by atoms with E-state index in [-0.39, 0.29) is 5.91 Å². The molecule has 0 fully saturated rings. The van der Waals surface area contributed by atoms with Crippen LogP contribution in [0.2, 0.25) is 0 Å². The molecule has 1 aromatic heterocycles. The summed E-state index contributed by atoms with van der Waals surface area (Å²) in [5.41, 5.74) is 4.19. The second kappa shape index (κ2) is 6.79. The minimum absolute atomic E-state index is 0.0398. The molecule has 0 saturated heterocycles. The lowest BCUT2D eigenvalue weighted by molar-refractivity contribution is -0.116. The second-order valence-electron chi connectivity index (χ2n) is 5.90. The molecule has 4 rings (SSSR count). The van der Waals surface area contributed by atoms with Gasteiger partial charge in [0.2, 0.25) is 5.91 Å². The fourth-order valence-corrected chi connectivity index (χ4v) is 2.96. The van der Waals surface area contributed by atoms with Crippen molar-refractivity contribution >= 4 is 17.8 Å². The lowest BCUT2D eigenvalue weighted by Gasteiger charge is -2.19. The van der Waals surface area contributed by atoms with E-state index >= 15 is 0 Å². The first kappa shape index (κ1) is 16.0. The van der Waals surface area contributed by atoms with E-state index in [0.717, 1.165) is 28.3 Å². The maximum absolute atomic E-state index is 11.5. The number of ether oxygens (including phenoxy) is 1. The minimum atomic E-state index is 0.0398. The molecule has 7 nitrogen and oxygen atoms in total. The highest BCUT2D eigenvalue weighted by molar-refractivity contribution is 5.94. The van der Waals surface area contributed by atoms with Gasteiger partial charge >= 0.3 is 0 Å². The number of carbonyl (C=O) groups is 1. The van der Waals surface area contributed by atoms with Gasteiger partial charge in [-0.3, -0.25) is 9.79 Å². The number of aliphatic imine (C=N–C) groups is 1. The molecule has 0 spiro atoms. The molecular weight excluding hydrogens is 330 g/mol. The highest BCUT2D eigenvalue weighted by atomic mass is 16.5. The number of rotatable bonds is 4. The molecule has 2 N–H and O–H groups in total. The molecule has 2 aromatic carbocycles. The molecule has 2 heterocycles. The van der Waals surface area contributed by atoms with Crippen LogP contribution in [0.1, 0.15) is 17.7 Å². The van der Waals surface area contributed by atoms with Gasteiger partial charge in [-0.15, -0.1) is 0 Å². The molecule has 1 amide bonds. The average molecular weight is 347 g/mol. The number of fused-ring (bicyclic) bond motifs is 1. The molecule has 26 heavy (non-hydrogen) atoms. The van der Waals surface area contributed by atoms with Crippen LogP contribution in [0.25, 0.3) is 11.3 Å². The zero-order valence-electron chi connectivity index (χ0n) is 14.2. The Morgan fingerprint density at radius 3 is 2.77 bits per heavy atom. The van der Waals surface area contributed by atoms with E-state index in [4.69, 9.17) is 4.74 Å². The van der Waals surface area contributed by atoms with Crippen LogP contribution in [-0.4, -0.2) is 34.6 Å². The summed E-state index contributed by atoms with van der Waals surface area (Å²) in [5.74, 6) is 1.52. The molecule has 0 saturated carbocycles. The third kappa shape index (κ3) is 3.06. The summed E-state index contributed by atoms with van der Waals surface area (Å²) >= 11 is 0. The van der Waals surface area contributed by atoms with Crippen molar-refractivity contribution in [2.75, 3.05) is 12.4 Å². The predicted molar refractivity (Wildman–Crippen MR) is 98.8 cm³/mol. The number of anilines is 1. The Hall–Kier alpha value is -3.48. The highest BCUT2D eigenvalue weighted by Gasteiger charge is 2.18. The van der Waals surface area contributed by atoms with Crippen molar-refractivity contribution in [3.05, 3.63) is 53.7 Å². The van der Waals surface area contributed by atoms with Crippen LogP contribution in [0, 0.1) is 0 Å². The molecule has 7 heteroatoms. The highest BCUT2D eigenvalue weighted by Crippen LogP contribution is 2.34. The van der Waals surface area contributed by atoms with Crippen LogP contribution in [-0.2, 0) is 11.2 Å². The molecule has 1 aliphatic rings. The number of aromatic amines is 1. The van der Waals surface area contributed by atoms with Gasteiger partial charge in [0.1, 0.15) is 22.9 Å². The topological polar surface area (TPSA) is 92.3 Å². The molecular formula is C19H17N5O2. The van der Waals surface area contributed by atoms with E-state index in [1.807, 2.05) is 42.5 Å². The van der Waals surface area contributed by atoms with Gasteiger partial charge in [-0.2, -0.15) is 15.4 Å². The molecule has 130 valence electrons. The summed E-state index contributed by atoms with van der Waals surface area (Å²) in [6, 6.07) is 13.3. The molecule has 0 unspecified atom stereocenters. The van der Waals surface area contributed by atoms with E-state index in [1.54, 1.807) is 13.3 Å². The van der Waals surface area contributed by atoms with Crippen LogP contribution in [0.15, 0.2) is 47.5 Å². The van der Waals surface area contributed by atoms with Gasteiger partial charge in [0.05, 0.1) is 6.21 Å². The van der Waals surface area contributed by atoms with Crippen LogP contribution < -0.4 is 10.1 Å². The van der Waals surface area contributed by atoms with Gasteiger partial charge in [0.25, 0.3) is 0 Å². The number of benzene rings is 2. The Morgan fingerprint density at radius 1 is 1.12 bits per heavy atom. The Kier molecular flexibility index (Phi) is 4.18.